The predicted octanol–water partition coefficient (Wildman–Crippen LogP) is 0.561. The van der Waals surface area contributed by atoms with Gasteiger partial charge in [-0.25, -0.2) is 19.8 Å². The SMILES string of the molecule is CCNC(=NCc1ccnc(C)n1)N1CCC(C2(C)NC(=O)NC2=O)CC1. The van der Waals surface area contributed by atoms with Gasteiger partial charge in [-0.3, -0.25) is 10.1 Å². The number of piperidine rings is 1. The standard InChI is InChI=1S/C18H27N7O2/c1-4-19-16(21-11-14-5-8-20-12(2)22-14)25-9-6-13(7-10-25)18(3)15(26)23-17(27)24-18/h5,8,13H,4,6-7,9-11H2,1-3H3,(H,19,21)(H2,23,24,26,27). The smallest absolute Gasteiger partial charge is 0.322 e. The molecule has 0 bridgehead atoms. The number of nitrogens with zero attached hydrogens (tertiary/aromatic N) is 4. The second-order valence-electron chi connectivity index (χ2n) is 7.14. The molecule has 1 unspecified atom stereocenters. The largest absolute Gasteiger partial charge is 0.357 e. The monoisotopic (exact) mass is 373 g/mol. The lowest BCUT2D eigenvalue weighted by Crippen LogP contribution is -2.55. The number of likely N-dealkylation sites (tertiary alicyclic amines) is 1. The van der Waals surface area contributed by atoms with Crippen molar-refractivity contribution in [2.45, 2.75) is 45.7 Å². The van der Waals surface area contributed by atoms with Crippen LogP contribution < -0.4 is 16.0 Å². The molecular formula is C18H27N7O2. The van der Waals surface area contributed by atoms with Crippen molar-refractivity contribution in [1.82, 2.24) is 30.8 Å². The summed E-state index contributed by atoms with van der Waals surface area (Å²) in [7, 11) is 0. The third kappa shape index (κ3) is 4.17. The zero-order chi connectivity index (χ0) is 19.4. The van der Waals surface area contributed by atoms with Gasteiger partial charge >= 0.3 is 6.03 Å². The lowest BCUT2D eigenvalue weighted by atomic mass is 9.79. The van der Waals surface area contributed by atoms with Crippen molar-refractivity contribution in [2.24, 2.45) is 10.9 Å². The number of hydrogen-bond donors (Lipinski definition) is 3. The molecule has 3 N–H and O–H groups in total. The predicted molar refractivity (Wildman–Crippen MR) is 101 cm³/mol. The van der Waals surface area contributed by atoms with E-state index in [2.05, 4.69) is 30.8 Å². The maximum Gasteiger partial charge on any atom is 0.322 e. The first-order valence-corrected chi connectivity index (χ1v) is 9.37. The lowest BCUT2D eigenvalue weighted by Gasteiger charge is -2.39. The van der Waals surface area contributed by atoms with Crippen molar-refractivity contribution in [1.29, 1.82) is 0 Å². The molecule has 9 heteroatoms. The fraction of sp³-hybridized carbons (Fsp3) is 0.611. The van der Waals surface area contributed by atoms with Crippen molar-refractivity contribution in [3.63, 3.8) is 0 Å². The lowest BCUT2D eigenvalue weighted by molar-refractivity contribution is -0.125. The van der Waals surface area contributed by atoms with Crippen molar-refractivity contribution in [3.8, 4) is 0 Å². The van der Waals surface area contributed by atoms with Crippen LogP contribution in [0.15, 0.2) is 17.3 Å². The van der Waals surface area contributed by atoms with Gasteiger partial charge < -0.3 is 15.5 Å². The summed E-state index contributed by atoms with van der Waals surface area (Å²) in [6, 6.07) is 1.47. The van der Waals surface area contributed by atoms with Crippen molar-refractivity contribution < 1.29 is 9.59 Å². The zero-order valence-corrected chi connectivity index (χ0v) is 16.1. The number of carbonyl (C=O) groups excluding carboxylic acids is 2. The molecule has 1 atom stereocenters. The molecule has 2 saturated heterocycles. The minimum atomic E-state index is -0.822. The summed E-state index contributed by atoms with van der Waals surface area (Å²) in [5.41, 5.74) is 0.0579. The number of imide groups is 1. The molecule has 0 aliphatic carbocycles. The Kier molecular flexibility index (Phi) is 5.57. The number of rotatable bonds is 4. The van der Waals surface area contributed by atoms with E-state index >= 15 is 0 Å². The molecule has 2 fully saturated rings. The first-order valence-electron chi connectivity index (χ1n) is 9.37. The van der Waals surface area contributed by atoms with Crippen LogP contribution in [0.3, 0.4) is 0 Å². The van der Waals surface area contributed by atoms with Crippen LogP contribution in [-0.2, 0) is 11.3 Å². The summed E-state index contributed by atoms with van der Waals surface area (Å²) in [6.45, 7) is 8.53. The topological polar surface area (TPSA) is 112 Å². The molecule has 3 heterocycles. The second-order valence-corrected chi connectivity index (χ2v) is 7.14. The summed E-state index contributed by atoms with van der Waals surface area (Å²) < 4.78 is 0. The van der Waals surface area contributed by atoms with E-state index < -0.39 is 11.6 Å². The van der Waals surface area contributed by atoms with E-state index in [0.717, 1.165) is 50.0 Å². The Morgan fingerprint density at radius 3 is 2.74 bits per heavy atom. The molecule has 9 nitrogen and oxygen atoms in total. The van der Waals surface area contributed by atoms with Gasteiger partial charge in [0.1, 0.15) is 11.4 Å². The normalized spacial score (nSPS) is 24.0. The van der Waals surface area contributed by atoms with Crippen LogP contribution in [0.25, 0.3) is 0 Å². The summed E-state index contributed by atoms with van der Waals surface area (Å²) in [6.07, 6.45) is 3.36. The van der Waals surface area contributed by atoms with Gasteiger partial charge in [0.15, 0.2) is 5.96 Å². The van der Waals surface area contributed by atoms with Gasteiger partial charge in [-0.1, -0.05) is 0 Å². The summed E-state index contributed by atoms with van der Waals surface area (Å²) >= 11 is 0. The van der Waals surface area contributed by atoms with Crippen LogP contribution in [0.4, 0.5) is 4.79 Å². The average molecular weight is 373 g/mol. The van der Waals surface area contributed by atoms with Crippen molar-refractivity contribution in [2.75, 3.05) is 19.6 Å². The molecule has 146 valence electrons. The number of guanidine groups is 1. The van der Waals surface area contributed by atoms with Gasteiger partial charge in [0, 0.05) is 25.8 Å². The Morgan fingerprint density at radius 1 is 1.41 bits per heavy atom. The van der Waals surface area contributed by atoms with Gasteiger partial charge in [0.05, 0.1) is 12.2 Å². The molecule has 27 heavy (non-hydrogen) atoms. The van der Waals surface area contributed by atoms with Crippen molar-refractivity contribution >= 4 is 17.9 Å². The second kappa shape index (κ2) is 7.89. The average Bonchev–Trinajstić information content (AvgIpc) is 2.91. The minimum Gasteiger partial charge on any atom is -0.357 e. The Morgan fingerprint density at radius 2 is 2.15 bits per heavy atom. The van der Waals surface area contributed by atoms with E-state index in [0.29, 0.717) is 6.54 Å². The van der Waals surface area contributed by atoms with Gasteiger partial charge in [0.25, 0.3) is 5.91 Å². The van der Waals surface area contributed by atoms with E-state index in [1.54, 1.807) is 6.20 Å². The molecule has 2 aliphatic rings. The third-order valence-electron chi connectivity index (χ3n) is 5.24. The van der Waals surface area contributed by atoms with E-state index in [1.165, 1.54) is 0 Å². The number of aryl methyl sites for hydroxylation is 1. The number of amides is 3. The first-order chi connectivity index (χ1) is 12.9. The van der Waals surface area contributed by atoms with E-state index in [4.69, 9.17) is 4.99 Å². The van der Waals surface area contributed by atoms with Crippen LogP contribution in [0.1, 0.15) is 38.2 Å². The van der Waals surface area contributed by atoms with Gasteiger partial charge in [0.2, 0.25) is 0 Å². The number of hydrogen-bond acceptors (Lipinski definition) is 5. The highest BCUT2D eigenvalue weighted by Gasteiger charge is 2.48. The number of urea groups is 1. The summed E-state index contributed by atoms with van der Waals surface area (Å²) in [5, 5.41) is 8.47. The fourth-order valence-corrected chi connectivity index (χ4v) is 3.69. The summed E-state index contributed by atoms with van der Waals surface area (Å²) in [4.78, 5) is 39.1. The Labute approximate surface area is 159 Å². The molecule has 1 aromatic rings. The Hall–Kier alpha value is -2.71. The van der Waals surface area contributed by atoms with Crippen LogP contribution in [0.5, 0.6) is 0 Å². The Balaban J connectivity index is 1.64. The number of aliphatic imine (C=N–C) groups is 1. The van der Waals surface area contributed by atoms with Crippen molar-refractivity contribution in [3.05, 3.63) is 23.8 Å². The maximum absolute atomic E-state index is 12.2. The zero-order valence-electron chi connectivity index (χ0n) is 16.1. The highest BCUT2D eigenvalue weighted by Crippen LogP contribution is 2.30. The number of aromatic nitrogens is 2. The number of carbonyl (C=O) groups is 2. The molecule has 0 aromatic carbocycles. The van der Waals surface area contributed by atoms with Crippen LogP contribution in [0.2, 0.25) is 0 Å². The highest BCUT2D eigenvalue weighted by molar-refractivity contribution is 6.07. The third-order valence-corrected chi connectivity index (χ3v) is 5.24. The molecule has 0 spiro atoms. The number of nitrogens with one attached hydrogen (secondary N) is 3. The van der Waals surface area contributed by atoms with Crippen LogP contribution >= 0.6 is 0 Å². The molecule has 3 amide bonds. The Bertz CT molecular complexity index is 743. The molecular weight excluding hydrogens is 346 g/mol. The quantitative estimate of drug-likeness (QED) is 0.404. The molecule has 1 aromatic heterocycles. The van der Waals surface area contributed by atoms with Crippen LogP contribution in [0, 0.1) is 12.8 Å². The fourth-order valence-electron chi connectivity index (χ4n) is 3.69. The van der Waals surface area contributed by atoms with Gasteiger partial charge in [-0.05, 0) is 45.6 Å². The van der Waals surface area contributed by atoms with E-state index in [-0.39, 0.29) is 11.8 Å². The minimum absolute atomic E-state index is 0.104. The van der Waals surface area contributed by atoms with Gasteiger partial charge in [-0.2, -0.15) is 0 Å². The van der Waals surface area contributed by atoms with E-state index in [1.807, 2.05) is 26.8 Å². The maximum atomic E-state index is 12.2. The van der Waals surface area contributed by atoms with Crippen LogP contribution in [-0.4, -0.2) is 57.9 Å². The van der Waals surface area contributed by atoms with Gasteiger partial charge in [-0.15, -0.1) is 0 Å². The first kappa shape index (κ1) is 19.1. The molecule has 3 rings (SSSR count). The molecule has 0 saturated carbocycles. The highest BCUT2D eigenvalue weighted by atomic mass is 16.2. The summed E-state index contributed by atoms with van der Waals surface area (Å²) in [5.74, 6) is 1.45. The molecule has 2 aliphatic heterocycles. The molecule has 0 radical (unpaired) electrons. The van der Waals surface area contributed by atoms with E-state index in [9.17, 15) is 9.59 Å².